The summed E-state index contributed by atoms with van der Waals surface area (Å²) in [7, 11) is 1.90. The van der Waals surface area contributed by atoms with Crippen LogP contribution in [0.4, 0.5) is 11.5 Å². The summed E-state index contributed by atoms with van der Waals surface area (Å²) in [6.45, 7) is 7.41. The zero-order valence-electron chi connectivity index (χ0n) is 15.2. The number of aromatic amines is 1. The fourth-order valence-corrected chi connectivity index (χ4v) is 3.24. The monoisotopic (exact) mass is 354 g/mol. The van der Waals surface area contributed by atoms with E-state index in [1.165, 1.54) is 0 Å². The normalized spacial score (nSPS) is 15.2. The second-order valence-electron chi connectivity index (χ2n) is 6.84. The van der Waals surface area contributed by atoms with Crippen molar-refractivity contribution in [3.63, 3.8) is 0 Å². The lowest BCUT2D eigenvalue weighted by Gasteiger charge is -2.36. The maximum atomic E-state index is 11.5. The Morgan fingerprint density at radius 1 is 1.08 bits per heavy atom. The van der Waals surface area contributed by atoms with Crippen molar-refractivity contribution in [2.24, 2.45) is 7.05 Å². The molecule has 0 aliphatic carbocycles. The summed E-state index contributed by atoms with van der Waals surface area (Å²) in [4.78, 5) is 25.4. The van der Waals surface area contributed by atoms with Gasteiger partial charge in [0.25, 0.3) is 5.56 Å². The quantitative estimate of drug-likeness (QED) is 0.746. The van der Waals surface area contributed by atoms with E-state index in [4.69, 9.17) is 4.98 Å². The Morgan fingerprint density at radius 3 is 2.50 bits per heavy atom. The largest absolute Gasteiger partial charge is 0.367 e. The smallest absolute Gasteiger partial charge is 0.266 e. The second-order valence-corrected chi connectivity index (χ2v) is 6.84. The highest BCUT2D eigenvalue weighted by Gasteiger charge is 2.23. The lowest BCUT2D eigenvalue weighted by atomic mass is 10.2. The van der Waals surface area contributed by atoms with Crippen LogP contribution in [0, 0.1) is 0 Å². The minimum absolute atomic E-state index is 0.181. The molecule has 4 rings (SSSR count). The Balaban J connectivity index is 1.62. The molecule has 0 atom stereocenters. The summed E-state index contributed by atoms with van der Waals surface area (Å²) >= 11 is 0. The first kappa shape index (κ1) is 16.5. The zero-order valence-corrected chi connectivity index (χ0v) is 15.2. The third-order valence-corrected chi connectivity index (χ3v) is 4.70. The summed E-state index contributed by atoms with van der Waals surface area (Å²) in [6, 6.07) is 1.59. The Bertz CT molecular complexity index is 984. The number of anilines is 2. The molecule has 136 valence electrons. The second kappa shape index (κ2) is 6.40. The van der Waals surface area contributed by atoms with Crippen LogP contribution in [0.15, 0.2) is 23.3 Å². The molecule has 0 bridgehead atoms. The number of piperazine rings is 1. The van der Waals surface area contributed by atoms with E-state index in [9.17, 15) is 4.79 Å². The van der Waals surface area contributed by atoms with Crippen molar-refractivity contribution in [3.05, 3.63) is 34.6 Å². The molecule has 4 heterocycles. The van der Waals surface area contributed by atoms with Crippen LogP contribution in [0.3, 0.4) is 0 Å². The zero-order chi connectivity index (χ0) is 18.3. The summed E-state index contributed by atoms with van der Waals surface area (Å²) in [6.07, 6.45) is 3.53. The maximum absolute atomic E-state index is 11.5. The van der Waals surface area contributed by atoms with E-state index < -0.39 is 0 Å². The lowest BCUT2D eigenvalue weighted by Crippen LogP contribution is -2.47. The molecule has 0 radical (unpaired) electrons. The van der Waals surface area contributed by atoms with Gasteiger partial charge in [0.2, 0.25) is 0 Å². The van der Waals surface area contributed by atoms with E-state index >= 15 is 0 Å². The molecule has 0 aromatic carbocycles. The van der Waals surface area contributed by atoms with Crippen molar-refractivity contribution in [1.29, 1.82) is 0 Å². The fraction of sp³-hybridized carbons (Fsp3) is 0.471. The molecule has 0 unspecified atom stereocenters. The number of hydrogen-bond donors (Lipinski definition) is 1. The Labute approximate surface area is 150 Å². The van der Waals surface area contributed by atoms with Gasteiger partial charge in [-0.2, -0.15) is 10.2 Å². The van der Waals surface area contributed by atoms with Gasteiger partial charge in [-0.1, -0.05) is 13.8 Å². The van der Waals surface area contributed by atoms with Gasteiger partial charge in [0.1, 0.15) is 11.6 Å². The van der Waals surface area contributed by atoms with Crippen molar-refractivity contribution < 1.29 is 0 Å². The molecule has 9 heteroatoms. The van der Waals surface area contributed by atoms with Crippen molar-refractivity contribution in [3.8, 4) is 0 Å². The van der Waals surface area contributed by atoms with Gasteiger partial charge in [-0.15, -0.1) is 0 Å². The predicted octanol–water partition coefficient (Wildman–Crippen LogP) is 0.897. The fourth-order valence-electron chi connectivity index (χ4n) is 3.24. The highest BCUT2D eigenvalue weighted by atomic mass is 16.1. The van der Waals surface area contributed by atoms with Crippen LogP contribution in [0.2, 0.25) is 0 Å². The van der Waals surface area contributed by atoms with Crippen LogP contribution in [-0.4, -0.2) is 56.1 Å². The van der Waals surface area contributed by atoms with E-state index in [2.05, 4.69) is 43.9 Å². The average molecular weight is 354 g/mol. The van der Waals surface area contributed by atoms with Crippen LogP contribution < -0.4 is 15.4 Å². The van der Waals surface area contributed by atoms with Crippen molar-refractivity contribution in [2.45, 2.75) is 19.8 Å². The molecule has 3 aromatic heterocycles. The molecule has 1 aliphatic rings. The molecule has 1 saturated heterocycles. The Hall–Kier alpha value is -2.97. The van der Waals surface area contributed by atoms with E-state index in [-0.39, 0.29) is 11.5 Å². The molecular weight excluding hydrogens is 332 g/mol. The summed E-state index contributed by atoms with van der Waals surface area (Å²) in [5.41, 5.74) is 1.53. The first-order valence-corrected chi connectivity index (χ1v) is 8.77. The molecular formula is C17H22N8O. The maximum Gasteiger partial charge on any atom is 0.266 e. The third kappa shape index (κ3) is 2.89. The minimum Gasteiger partial charge on any atom is -0.367 e. The molecule has 1 N–H and O–H groups in total. The highest BCUT2D eigenvalue weighted by Crippen LogP contribution is 2.27. The molecule has 0 saturated carbocycles. The lowest BCUT2D eigenvalue weighted by molar-refractivity contribution is 0.642. The van der Waals surface area contributed by atoms with Crippen LogP contribution >= 0.6 is 0 Å². The standard InChI is InChI=1S/C17H22N8O/c1-11(2)15-20-16-13(10-19-23(16)3)17(21-15)25-6-4-24(5-7-25)12-8-14(26)22-18-9-12/h8-11H,4-7H2,1-3H3,(H,22,26). The number of nitrogens with zero attached hydrogens (tertiary/aromatic N) is 7. The van der Waals surface area contributed by atoms with Crippen molar-refractivity contribution in [2.75, 3.05) is 36.0 Å². The first-order valence-electron chi connectivity index (χ1n) is 8.77. The van der Waals surface area contributed by atoms with Crippen LogP contribution in [0.1, 0.15) is 25.6 Å². The van der Waals surface area contributed by atoms with Gasteiger partial charge in [0.15, 0.2) is 5.65 Å². The van der Waals surface area contributed by atoms with Gasteiger partial charge < -0.3 is 9.80 Å². The Kier molecular flexibility index (Phi) is 4.06. The molecule has 0 spiro atoms. The number of aryl methyl sites for hydroxylation is 1. The number of aromatic nitrogens is 6. The van der Waals surface area contributed by atoms with E-state index in [0.29, 0.717) is 0 Å². The van der Waals surface area contributed by atoms with E-state index in [1.54, 1.807) is 16.9 Å². The molecule has 26 heavy (non-hydrogen) atoms. The topological polar surface area (TPSA) is 95.8 Å². The van der Waals surface area contributed by atoms with E-state index in [1.807, 2.05) is 13.2 Å². The van der Waals surface area contributed by atoms with Gasteiger partial charge >= 0.3 is 0 Å². The van der Waals surface area contributed by atoms with Crippen LogP contribution in [0.5, 0.6) is 0 Å². The number of H-pyrrole nitrogens is 1. The van der Waals surface area contributed by atoms with Crippen LogP contribution in [0.25, 0.3) is 11.0 Å². The average Bonchev–Trinajstić information content (AvgIpc) is 3.02. The van der Waals surface area contributed by atoms with E-state index in [0.717, 1.165) is 54.5 Å². The minimum atomic E-state index is -0.181. The SMILES string of the molecule is CC(C)c1nc(N2CCN(c3cn[nH]c(=O)c3)CC2)c2cnn(C)c2n1. The number of hydrogen-bond acceptors (Lipinski definition) is 7. The van der Waals surface area contributed by atoms with Gasteiger partial charge in [0.05, 0.1) is 23.5 Å². The van der Waals surface area contributed by atoms with Gasteiger partial charge in [-0.05, 0) is 0 Å². The van der Waals surface area contributed by atoms with Crippen molar-refractivity contribution >= 4 is 22.5 Å². The van der Waals surface area contributed by atoms with Gasteiger partial charge in [-0.25, -0.2) is 15.1 Å². The summed E-state index contributed by atoms with van der Waals surface area (Å²) in [5.74, 6) is 2.02. The highest BCUT2D eigenvalue weighted by molar-refractivity contribution is 5.87. The third-order valence-electron chi connectivity index (χ3n) is 4.70. The van der Waals surface area contributed by atoms with Gasteiger partial charge in [-0.3, -0.25) is 9.48 Å². The molecule has 3 aromatic rings. The van der Waals surface area contributed by atoms with Crippen LogP contribution in [-0.2, 0) is 7.05 Å². The van der Waals surface area contributed by atoms with Gasteiger partial charge in [0, 0.05) is 45.2 Å². The summed E-state index contributed by atoms with van der Waals surface area (Å²) < 4.78 is 1.80. The first-order chi connectivity index (χ1) is 12.5. The molecule has 0 amide bonds. The number of fused-ring (bicyclic) bond motifs is 1. The molecule has 1 fully saturated rings. The molecule has 1 aliphatic heterocycles. The predicted molar refractivity (Wildman–Crippen MR) is 99.7 cm³/mol. The van der Waals surface area contributed by atoms with Crippen molar-refractivity contribution in [1.82, 2.24) is 29.9 Å². The number of nitrogens with one attached hydrogen (secondary N) is 1. The number of rotatable bonds is 3. The Morgan fingerprint density at radius 2 is 1.81 bits per heavy atom. The molecule has 9 nitrogen and oxygen atoms in total. The summed E-state index contributed by atoms with van der Waals surface area (Å²) in [5, 5.41) is 11.6.